The molecule has 298 valence electrons. The van der Waals surface area contributed by atoms with Crippen molar-refractivity contribution in [2.75, 3.05) is 13.2 Å². The van der Waals surface area contributed by atoms with Crippen molar-refractivity contribution >= 4 is 17.9 Å². The van der Waals surface area contributed by atoms with Crippen molar-refractivity contribution < 1.29 is 28.6 Å². The normalized spacial score (nSPS) is 13.0. The molecule has 0 spiro atoms. The van der Waals surface area contributed by atoms with Crippen LogP contribution < -0.4 is 0 Å². The molecule has 0 aromatic carbocycles. The van der Waals surface area contributed by atoms with E-state index in [0.717, 1.165) is 51.4 Å². The molecule has 0 radical (unpaired) electrons. The summed E-state index contributed by atoms with van der Waals surface area (Å²) in [6.07, 6.45) is 52.9. The molecule has 0 saturated heterocycles. The van der Waals surface area contributed by atoms with Crippen molar-refractivity contribution in [3.05, 3.63) is 97.2 Å². The van der Waals surface area contributed by atoms with Crippen LogP contribution in [0.3, 0.4) is 0 Å². The first-order valence-electron chi connectivity index (χ1n) is 20.8. The number of ether oxygens (including phenoxy) is 3. The Morgan fingerprint density at radius 1 is 0.434 bits per heavy atom. The van der Waals surface area contributed by atoms with E-state index in [2.05, 4.69) is 51.2 Å². The zero-order valence-electron chi connectivity index (χ0n) is 33.7. The molecular formula is C47H74O6. The van der Waals surface area contributed by atoms with Gasteiger partial charge in [0.1, 0.15) is 13.2 Å². The predicted octanol–water partition coefficient (Wildman–Crippen LogP) is 13.1. The third-order valence-electron chi connectivity index (χ3n) is 8.24. The minimum atomic E-state index is -0.837. The van der Waals surface area contributed by atoms with Crippen LogP contribution in [-0.2, 0) is 28.6 Å². The lowest BCUT2D eigenvalue weighted by Gasteiger charge is -2.18. The van der Waals surface area contributed by atoms with Crippen LogP contribution in [0.15, 0.2) is 97.2 Å². The molecule has 0 bridgehead atoms. The van der Waals surface area contributed by atoms with Gasteiger partial charge in [-0.3, -0.25) is 14.4 Å². The van der Waals surface area contributed by atoms with Crippen molar-refractivity contribution in [1.82, 2.24) is 0 Å². The lowest BCUT2D eigenvalue weighted by molar-refractivity contribution is -0.166. The maximum absolute atomic E-state index is 12.7. The molecule has 0 saturated carbocycles. The SMILES string of the molecule is CC\C=C/C=C\C=C/C=C\C=C/CCCC(=O)OCC(COC(=O)C/C=C\C/C=C\C/C=C\CC)OC(=O)CCCCCCCCCCCCCCC. The Kier molecular flexibility index (Phi) is 38.2. The van der Waals surface area contributed by atoms with Crippen LogP contribution in [0.25, 0.3) is 0 Å². The van der Waals surface area contributed by atoms with Crippen LogP contribution in [0.1, 0.15) is 162 Å². The summed E-state index contributed by atoms with van der Waals surface area (Å²) >= 11 is 0. The molecule has 0 heterocycles. The monoisotopic (exact) mass is 735 g/mol. The summed E-state index contributed by atoms with van der Waals surface area (Å²) < 4.78 is 16.5. The highest BCUT2D eigenvalue weighted by molar-refractivity contribution is 5.72. The van der Waals surface area contributed by atoms with Crippen molar-refractivity contribution in [3.63, 3.8) is 0 Å². The fraction of sp³-hybridized carbons (Fsp3) is 0.596. The molecule has 6 heteroatoms. The number of carbonyl (C=O) groups is 3. The molecule has 0 fully saturated rings. The standard InChI is InChI=1S/C47H74O6/c1-4-7-10-13-16-19-21-23-25-28-31-34-37-40-46(49)52-43-44(42-51-45(48)39-36-33-30-27-18-15-12-9-6-3)53-47(50)41-38-35-32-29-26-24-22-20-17-14-11-8-5-2/h7,9-10,12-13,16,18-19,21,23,25,27-28,31,33,36,44H,4-6,8,11,14-15,17,20,22,24,26,29-30,32,34-35,37-43H2,1-3H3/b10-7-,12-9-,16-13-,21-19-,25-23-,27-18-,31-28-,36-33-. The number of hydrogen-bond acceptors (Lipinski definition) is 6. The zero-order valence-corrected chi connectivity index (χ0v) is 33.7. The minimum Gasteiger partial charge on any atom is -0.462 e. The van der Waals surface area contributed by atoms with E-state index in [-0.39, 0.29) is 38.0 Å². The predicted molar refractivity (Wildman–Crippen MR) is 224 cm³/mol. The van der Waals surface area contributed by atoms with Gasteiger partial charge < -0.3 is 14.2 Å². The molecule has 53 heavy (non-hydrogen) atoms. The molecule has 0 amide bonds. The molecule has 0 aromatic heterocycles. The largest absolute Gasteiger partial charge is 0.462 e. The maximum atomic E-state index is 12.7. The molecule has 0 aliphatic heterocycles. The summed E-state index contributed by atoms with van der Waals surface area (Å²) in [6, 6.07) is 0. The van der Waals surface area contributed by atoms with Crippen LogP contribution in [0.4, 0.5) is 0 Å². The highest BCUT2D eigenvalue weighted by atomic mass is 16.6. The van der Waals surface area contributed by atoms with Crippen LogP contribution >= 0.6 is 0 Å². The molecular weight excluding hydrogens is 661 g/mol. The summed E-state index contributed by atoms with van der Waals surface area (Å²) in [6.45, 7) is 6.17. The number of esters is 3. The zero-order chi connectivity index (χ0) is 38.7. The quantitative estimate of drug-likeness (QED) is 0.0212. The Hall–Kier alpha value is -3.67. The molecule has 0 aliphatic carbocycles. The van der Waals surface area contributed by atoms with Gasteiger partial charge in [-0.25, -0.2) is 0 Å². The third kappa shape index (κ3) is 39.4. The molecule has 1 atom stereocenters. The van der Waals surface area contributed by atoms with Gasteiger partial charge in [-0.2, -0.15) is 0 Å². The van der Waals surface area contributed by atoms with E-state index in [0.29, 0.717) is 12.8 Å². The van der Waals surface area contributed by atoms with Gasteiger partial charge in [0, 0.05) is 12.8 Å². The summed E-state index contributed by atoms with van der Waals surface area (Å²) in [4.78, 5) is 37.5. The van der Waals surface area contributed by atoms with Crippen molar-refractivity contribution in [2.24, 2.45) is 0 Å². The Morgan fingerprint density at radius 2 is 0.887 bits per heavy atom. The fourth-order valence-electron chi connectivity index (χ4n) is 5.18. The van der Waals surface area contributed by atoms with Crippen LogP contribution in [-0.4, -0.2) is 37.2 Å². The maximum Gasteiger partial charge on any atom is 0.309 e. The number of allylic oxidation sites excluding steroid dienone is 15. The van der Waals surface area contributed by atoms with E-state index in [1.807, 2.05) is 60.8 Å². The van der Waals surface area contributed by atoms with Gasteiger partial charge in [0.15, 0.2) is 6.10 Å². The smallest absolute Gasteiger partial charge is 0.309 e. The van der Waals surface area contributed by atoms with E-state index in [1.54, 1.807) is 6.08 Å². The van der Waals surface area contributed by atoms with Crippen molar-refractivity contribution in [1.29, 1.82) is 0 Å². The summed E-state index contributed by atoms with van der Waals surface area (Å²) in [7, 11) is 0. The fourth-order valence-corrected chi connectivity index (χ4v) is 5.18. The Bertz CT molecular complexity index is 1120. The Labute approximate surface area is 324 Å². The summed E-state index contributed by atoms with van der Waals surface area (Å²) in [5.41, 5.74) is 0. The van der Waals surface area contributed by atoms with Crippen LogP contribution in [0.5, 0.6) is 0 Å². The van der Waals surface area contributed by atoms with Gasteiger partial charge >= 0.3 is 17.9 Å². The number of unbranched alkanes of at least 4 members (excludes halogenated alkanes) is 13. The molecule has 0 aliphatic rings. The minimum absolute atomic E-state index is 0.121. The first kappa shape index (κ1) is 49.3. The van der Waals surface area contributed by atoms with E-state index < -0.39 is 12.1 Å². The Balaban J connectivity index is 4.58. The Morgan fingerprint density at radius 3 is 1.45 bits per heavy atom. The highest BCUT2D eigenvalue weighted by Gasteiger charge is 2.19. The second-order valence-corrected chi connectivity index (χ2v) is 13.3. The van der Waals surface area contributed by atoms with Crippen molar-refractivity contribution in [3.8, 4) is 0 Å². The molecule has 0 aromatic rings. The lowest BCUT2D eigenvalue weighted by atomic mass is 10.0. The number of carbonyl (C=O) groups excluding carboxylic acids is 3. The molecule has 1 unspecified atom stereocenters. The number of rotatable bonds is 35. The second-order valence-electron chi connectivity index (χ2n) is 13.3. The average Bonchev–Trinajstić information content (AvgIpc) is 3.15. The highest BCUT2D eigenvalue weighted by Crippen LogP contribution is 2.14. The van der Waals surface area contributed by atoms with Gasteiger partial charge in [-0.05, 0) is 44.9 Å². The van der Waals surface area contributed by atoms with E-state index in [4.69, 9.17) is 14.2 Å². The van der Waals surface area contributed by atoms with Gasteiger partial charge in [0.25, 0.3) is 0 Å². The molecule has 6 nitrogen and oxygen atoms in total. The first-order valence-corrected chi connectivity index (χ1v) is 20.8. The van der Waals surface area contributed by atoms with Crippen molar-refractivity contribution in [2.45, 2.75) is 168 Å². The van der Waals surface area contributed by atoms with Gasteiger partial charge in [0.2, 0.25) is 0 Å². The average molecular weight is 735 g/mol. The van der Waals surface area contributed by atoms with Gasteiger partial charge in [0.05, 0.1) is 6.42 Å². The lowest BCUT2D eigenvalue weighted by Crippen LogP contribution is -2.30. The van der Waals surface area contributed by atoms with Gasteiger partial charge in [-0.15, -0.1) is 0 Å². The number of hydrogen-bond donors (Lipinski definition) is 0. The topological polar surface area (TPSA) is 78.9 Å². The summed E-state index contributed by atoms with van der Waals surface area (Å²) in [5.74, 6) is -1.15. The van der Waals surface area contributed by atoms with E-state index in [1.165, 1.54) is 64.2 Å². The van der Waals surface area contributed by atoms with Gasteiger partial charge in [-0.1, -0.05) is 195 Å². The van der Waals surface area contributed by atoms with Crippen LogP contribution in [0.2, 0.25) is 0 Å². The third-order valence-corrected chi connectivity index (χ3v) is 8.24. The summed E-state index contributed by atoms with van der Waals surface area (Å²) in [5, 5.41) is 0. The van der Waals surface area contributed by atoms with E-state index in [9.17, 15) is 14.4 Å². The second kappa shape index (κ2) is 41.1. The van der Waals surface area contributed by atoms with Crippen LogP contribution in [0, 0.1) is 0 Å². The molecule has 0 rings (SSSR count). The molecule has 0 N–H and O–H groups in total. The van der Waals surface area contributed by atoms with E-state index >= 15 is 0 Å². The first-order chi connectivity index (χ1) is 26.0.